The Kier molecular flexibility index (Phi) is 55.0. The number of amides is 1. The molecule has 3 unspecified atom stereocenters. The van der Waals surface area contributed by atoms with Crippen LogP contribution in [0.3, 0.4) is 0 Å². The van der Waals surface area contributed by atoms with E-state index in [1.165, 1.54) is 167 Å². The van der Waals surface area contributed by atoms with Crippen molar-refractivity contribution in [2.45, 2.75) is 315 Å². The van der Waals surface area contributed by atoms with Crippen LogP contribution in [-0.4, -0.2) is 46.9 Å². The summed E-state index contributed by atoms with van der Waals surface area (Å²) in [4.78, 5) is 26.3. The summed E-state index contributed by atoms with van der Waals surface area (Å²) in [7, 11) is 0. The number of nitrogens with one attached hydrogen (secondary N) is 1. The minimum atomic E-state index is -0.807. The first-order chi connectivity index (χ1) is 34.5. The average molecular weight is 979 g/mol. The van der Waals surface area contributed by atoms with Crippen LogP contribution >= 0.6 is 0 Å². The lowest BCUT2D eigenvalue weighted by Crippen LogP contribution is -2.46. The van der Waals surface area contributed by atoms with Gasteiger partial charge in [-0.2, -0.15) is 0 Å². The second-order valence-corrected chi connectivity index (χ2v) is 20.4. The van der Waals surface area contributed by atoms with Crippen LogP contribution in [-0.2, 0) is 14.3 Å². The van der Waals surface area contributed by atoms with Crippen LogP contribution < -0.4 is 5.32 Å². The number of hydrogen-bond donors (Lipinski definition) is 3. The summed E-state index contributed by atoms with van der Waals surface area (Å²) < 4.78 is 5.94. The highest BCUT2D eigenvalue weighted by Gasteiger charge is 2.24. The third-order valence-corrected chi connectivity index (χ3v) is 13.5. The number of carbonyl (C=O) groups is 2. The minimum absolute atomic E-state index is 0.0354. The Morgan fingerprint density at radius 2 is 0.743 bits per heavy atom. The van der Waals surface area contributed by atoms with Crippen molar-refractivity contribution >= 4 is 11.9 Å². The molecular formula is C64H115NO5. The van der Waals surface area contributed by atoms with Crippen LogP contribution in [0.15, 0.2) is 72.9 Å². The summed E-state index contributed by atoms with van der Waals surface area (Å²) in [6.45, 7) is 6.44. The van der Waals surface area contributed by atoms with Gasteiger partial charge >= 0.3 is 5.97 Å². The number of hydrogen-bond acceptors (Lipinski definition) is 5. The molecule has 0 aromatic carbocycles. The zero-order chi connectivity index (χ0) is 50.9. The van der Waals surface area contributed by atoms with Crippen molar-refractivity contribution in [3.8, 4) is 0 Å². The van der Waals surface area contributed by atoms with Crippen molar-refractivity contribution in [3.63, 3.8) is 0 Å². The number of allylic oxidation sites excluding steroid dienone is 12. The number of carbonyl (C=O) groups excluding carboxylic acids is 2. The maximum absolute atomic E-state index is 13.3. The highest BCUT2D eigenvalue weighted by atomic mass is 16.5. The van der Waals surface area contributed by atoms with Crippen LogP contribution in [0.2, 0.25) is 0 Å². The van der Waals surface area contributed by atoms with Gasteiger partial charge in [-0.25, -0.2) is 0 Å². The van der Waals surface area contributed by atoms with Crippen LogP contribution in [0.25, 0.3) is 0 Å². The Bertz CT molecular complexity index is 1280. The van der Waals surface area contributed by atoms with Crippen LogP contribution in [0, 0.1) is 0 Å². The summed E-state index contributed by atoms with van der Waals surface area (Å²) >= 11 is 0. The van der Waals surface area contributed by atoms with Gasteiger partial charge in [0.25, 0.3) is 0 Å². The van der Waals surface area contributed by atoms with E-state index in [1.54, 1.807) is 0 Å². The zero-order valence-corrected chi connectivity index (χ0v) is 46.4. The normalized spacial score (nSPS) is 13.6. The van der Waals surface area contributed by atoms with Crippen molar-refractivity contribution in [1.29, 1.82) is 0 Å². The van der Waals surface area contributed by atoms with Gasteiger partial charge in [-0.15, -0.1) is 0 Å². The lowest BCUT2D eigenvalue weighted by molar-refractivity contribution is -0.151. The van der Waals surface area contributed by atoms with Gasteiger partial charge in [0.2, 0.25) is 5.91 Å². The lowest BCUT2D eigenvalue weighted by Gasteiger charge is -2.24. The molecular weight excluding hydrogens is 863 g/mol. The molecule has 0 bridgehead atoms. The molecule has 0 saturated heterocycles. The van der Waals surface area contributed by atoms with E-state index in [1.807, 2.05) is 0 Å². The third kappa shape index (κ3) is 51.6. The van der Waals surface area contributed by atoms with Crippen LogP contribution in [0.1, 0.15) is 297 Å². The summed E-state index contributed by atoms with van der Waals surface area (Å²) in [5.41, 5.74) is 0. The highest BCUT2D eigenvalue weighted by molar-refractivity contribution is 5.77. The van der Waals surface area contributed by atoms with Crippen LogP contribution in [0.4, 0.5) is 0 Å². The van der Waals surface area contributed by atoms with Crippen molar-refractivity contribution < 1.29 is 24.5 Å². The molecule has 0 heterocycles. The maximum Gasteiger partial charge on any atom is 0.306 e. The molecule has 3 N–H and O–H groups in total. The minimum Gasteiger partial charge on any atom is -0.462 e. The molecule has 0 aromatic heterocycles. The molecule has 70 heavy (non-hydrogen) atoms. The van der Waals surface area contributed by atoms with Gasteiger partial charge in [0.05, 0.1) is 25.2 Å². The summed E-state index contributed by atoms with van der Waals surface area (Å²) in [6, 6.07) is -0.725. The fourth-order valence-electron chi connectivity index (χ4n) is 8.92. The van der Waals surface area contributed by atoms with Crippen molar-refractivity contribution in [1.82, 2.24) is 5.32 Å². The number of aliphatic hydroxyl groups is 2. The fourth-order valence-corrected chi connectivity index (χ4v) is 8.92. The quantitative estimate of drug-likeness (QED) is 0.0321. The maximum atomic E-state index is 13.3. The molecule has 0 aliphatic carbocycles. The first-order valence-corrected chi connectivity index (χ1v) is 30.2. The van der Waals surface area contributed by atoms with Gasteiger partial charge in [-0.05, 0) is 96.3 Å². The molecule has 3 atom stereocenters. The Balaban J connectivity index is 4.64. The van der Waals surface area contributed by atoms with Crippen molar-refractivity contribution in [2.24, 2.45) is 0 Å². The zero-order valence-electron chi connectivity index (χ0n) is 46.4. The monoisotopic (exact) mass is 978 g/mol. The lowest BCUT2D eigenvalue weighted by atomic mass is 10.0. The molecule has 6 nitrogen and oxygen atoms in total. The molecule has 0 aromatic rings. The van der Waals surface area contributed by atoms with E-state index in [0.29, 0.717) is 19.3 Å². The molecule has 0 radical (unpaired) electrons. The van der Waals surface area contributed by atoms with Crippen LogP contribution in [0.5, 0.6) is 0 Å². The Morgan fingerprint density at radius 1 is 0.414 bits per heavy atom. The number of rotatable bonds is 54. The average Bonchev–Trinajstić information content (AvgIpc) is 3.35. The standard InChI is InChI=1S/C64H115NO5/c1-4-7-10-13-16-19-22-25-28-31-34-37-40-43-46-49-52-55-60(70-64(69)57-54-51-48-45-42-39-36-33-30-27-24-21-18-15-12-9-6-3)58-63(68)65-61(59-66)62(67)56-53-50-47-44-41-38-35-32-29-26-23-20-17-14-11-8-5-2/h16,18-19,21,25,27-28,30,34,37,43,46,60-62,66-67H,4-15,17,20,22-24,26,29,31-33,35-36,38-42,44-45,47-59H2,1-3H3,(H,65,68)/b19-16-,21-18-,28-25-,30-27-,37-34-,46-43-. The summed E-state index contributed by atoms with van der Waals surface area (Å²) in [6.07, 6.45) is 74.0. The largest absolute Gasteiger partial charge is 0.462 e. The summed E-state index contributed by atoms with van der Waals surface area (Å²) in [5, 5.41) is 23.9. The van der Waals surface area contributed by atoms with E-state index < -0.39 is 18.2 Å². The second-order valence-electron chi connectivity index (χ2n) is 20.4. The fraction of sp³-hybridized carbons (Fsp3) is 0.781. The Morgan fingerprint density at radius 3 is 1.16 bits per heavy atom. The predicted octanol–water partition coefficient (Wildman–Crippen LogP) is 18.9. The van der Waals surface area contributed by atoms with E-state index in [9.17, 15) is 19.8 Å². The first-order valence-electron chi connectivity index (χ1n) is 30.2. The van der Waals surface area contributed by atoms with Crippen molar-refractivity contribution in [3.05, 3.63) is 72.9 Å². The first kappa shape index (κ1) is 67.3. The highest BCUT2D eigenvalue weighted by Crippen LogP contribution is 2.18. The molecule has 1 amide bonds. The molecule has 6 heteroatoms. The van der Waals surface area contributed by atoms with E-state index in [0.717, 1.165) is 83.5 Å². The van der Waals surface area contributed by atoms with E-state index in [2.05, 4.69) is 99.0 Å². The molecule has 0 rings (SSSR count). The topological polar surface area (TPSA) is 95.9 Å². The van der Waals surface area contributed by atoms with Crippen molar-refractivity contribution in [2.75, 3.05) is 6.61 Å². The van der Waals surface area contributed by atoms with Gasteiger partial charge in [0.1, 0.15) is 6.10 Å². The molecule has 406 valence electrons. The smallest absolute Gasteiger partial charge is 0.306 e. The summed E-state index contributed by atoms with van der Waals surface area (Å²) in [5.74, 6) is -0.531. The number of aliphatic hydroxyl groups excluding tert-OH is 2. The van der Waals surface area contributed by atoms with Gasteiger partial charge in [-0.3, -0.25) is 9.59 Å². The Hall–Kier alpha value is -2.70. The number of ether oxygens (including phenoxy) is 1. The van der Waals surface area contributed by atoms with E-state index >= 15 is 0 Å². The molecule has 0 spiro atoms. The van der Waals surface area contributed by atoms with Gasteiger partial charge in [-0.1, -0.05) is 261 Å². The van der Waals surface area contributed by atoms with Gasteiger partial charge < -0.3 is 20.3 Å². The molecule has 0 aliphatic heterocycles. The molecule has 0 saturated carbocycles. The van der Waals surface area contributed by atoms with Gasteiger partial charge in [0.15, 0.2) is 0 Å². The number of unbranched alkanes of at least 4 members (excludes halogenated alkanes) is 30. The van der Waals surface area contributed by atoms with E-state index in [4.69, 9.17) is 4.74 Å². The van der Waals surface area contributed by atoms with Gasteiger partial charge in [0, 0.05) is 6.42 Å². The predicted molar refractivity (Wildman–Crippen MR) is 305 cm³/mol. The SMILES string of the molecule is CCCCC/C=C\C/C=C\C/C=C\C/C=C\CCCC(CC(=O)NC(CO)C(O)CCCCCCCCCCCCCCCCCCC)OC(=O)CCCCCCCCC/C=C\C/C=C\CCCCC. The van der Waals surface area contributed by atoms with E-state index in [-0.39, 0.29) is 24.9 Å². The Labute approximate surface area is 434 Å². The third-order valence-electron chi connectivity index (χ3n) is 13.5. The molecule has 0 aliphatic rings. The molecule has 0 fully saturated rings. The second kappa shape index (κ2) is 57.2. The number of esters is 1.